The van der Waals surface area contributed by atoms with Gasteiger partial charge in [-0.05, 0) is 145 Å². The zero-order valence-electron chi connectivity index (χ0n) is 29.6. The summed E-state index contributed by atoms with van der Waals surface area (Å²) in [7, 11) is 0. The molecule has 12 atom stereocenters. The van der Waals surface area contributed by atoms with Crippen LogP contribution in [0.25, 0.3) is 0 Å². The van der Waals surface area contributed by atoms with Crippen LogP contribution in [0.5, 0.6) is 0 Å². The molecule has 12 unspecified atom stereocenters. The van der Waals surface area contributed by atoms with Crippen molar-refractivity contribution >= 4 is 0 Å². The molecule has 0 bridgehead atoms. The minimum Gasteiger partial charge on any atom is -0.0625 e. The third-order valence-corrected chi connectivity index (χ3v) is 14.5. The molecule has 0 aromatic heterocycles. The highest BCUT2D eigenvalue weighted by atomic mass is 14.7. The average Bonchev–Trinajstić information content (AvgIpc) is 2.87. The zero-order valence-corrected chi connectivity index (χ0v) is 29.6. The topological polar surface area (TPSA) is 0 Å². The second-order valence-corrected chi connectivity index (χ2v) is 18.4. The van der Waals surface area contributed by atoms with Crippen LogP contribution in [-0.4, -0.2) is 0 Å². The van der Waals surface area contributed by atoms with Gasteiger partial charge in [-0.1, -0.05) is 109 Å². The molecule has 0 aliphatic heterocycles. The van der Waals surface area contributed by atoms with Crippen LogP contribution in [0, 0.1) is 93.7 Å². The van der Waals surface area contributed by atoms with E-state index in [4.69, 9.17) is 0 Å². The minimum atomic E-state index is 0.501. The SMILES string of the molecule is CC1CCC(C(C)C)C(C2(C3(C4CC(C)CCC4C(C)C)CC(C)CCC3C(C)C)CC(C)CCC2C(C)C)C1. The largest absolute Gasteiger partial charge is 0.0625 e. The smallest absolute Gasteiger partial charge is 0.0171 e. The summed E-state index contributed by atoms with van der Waals surface area (Å²) >= 11 is 0. The van der Waals surface area contributed by atoms with Crippen LogP contribution in [0.2, 0.25) is 0 Å². The maximum Gasteiger partial charge on any atom is -0.0171 e. The van der Waals surface area contributed by atoms with E-state index >= 15 is 0 Å². The highest BCUT2D eigenvalue weighted by Crippen LogP contribution is 2.75. The number of hydrogen-bond acceptors (Lipinski definition) is 0. The van der Waals surface area contributed by atoms with E-state index in [0.29, 0.717) is 10.8 Å². The lowest BCUT2D eigenvalue weighted by atomic mass is 9.31. The van der Waals surface area contributed by atoms with Gasteiger partial charge in [-0.2, -0.15) is 0 Å². The number of rotatable bonds is 7. The van der Waals surface area contributed by atoms with Crippen molar-refractivity contribution in [2.24, 2.45) is 93.7 Å². The van der Waals surface area contributed by atoms with Crippen molar-refractivity contribution < 1.29 is 0 Å². The highest BCUT2D eigenvalue weighted by Gasteiger charge is 2.69. The Morgan fingerprint density at radius 3 is 1.02 bits per heavy atom. The van der Waals surface area contributed by atoms with Gasteiger partial charge in [0.15, 0.2) is 0 Å². The van der Waals surface area contributed by atoms with Crippen LogP contribution in [-0.2, 0) is 0 Å². The van der Waals surface area contributed by atoms with Crippen LogP contribution >= 0.6 is 0 Å². The lowest BCUT2D eigenvalue weighted by Crippen LogP contribution is -2.67. The van der Waals surface area contributed by atoms with E-state index in [1.807, 2.05) is 0 Å². The standard InChI is InChI=1S/C40H74/c1-25(2)33-17-13-29(9)21-37(33)39(23-31(11)15-19-35(39)27(5)6)40(24-32(12)16-20-36(40)28(7)8)38-22-30(10)14-18-34(38)26(3)4/h25-38H,13-24H2,1-12H3. The van der Waals surface area contributed by atoms with Crippen LogP contribution < -0.4 is 0 Å². The monoisotopic (exact) mass is 555 g/mol. The molecule has 0 saturated heterocycles. The van der Waals surface area contributed by atoms with Crippen molar-refractivity contribution in [3.8, 4) is 0 Å². The molecule has 4 saturated carbocycles. The fraction of sp³-hybridized carbons (Fsp3) is 1.00. The van der Waals surface area contributed by atoms with E-state index in [1.165, 1.54) is 64.2 Å². The van der Waals surface area contributed by atoms with E-state index in [9.17, 15) is 0 Å². The molecule has 0 radical (unpaired) electrons. The molecule has 0 nitrogen and oxygen atoms in total. The van der Waals surface area contributed by atoms with E-state index < -0.39 is 0 Å². The molecule has 4 rings (SSSR count). The molecule has 4 aliphatic rings. The van der Waals surface area contributed by atoms with Crippen LogP contribution in [0.1, 0.15) is 160 Å². The molecule has 234 valence electrons. The van der Waals surface area contributed by atoms with Crippen LogP contribution in [0.4, 0.5) is 0 Å². The molecule has 40 heavy (non-hydrogen) atoms. The summed E-state index contributed by atoms with van der Waals surface area (Å²) in [5.41, 5.74) is 1.00. The van der Waals surface area contributed by atoms with Gasteiger partial charge in [0.1, 0.15) is 0 Å². The van der Waals surface area contributed by atoms with Gasteiger partial charge in [0.25, 0.3) is 0 Å². The Bertz CT molecular complexity index is 724. The predicted octanol–water partition coefficient (Wildman–Crippen LogP) is 12.6. The van der Waals surface area contributed by atoms with Crippen molar-refractivity contribution in [1.82, 2.24) is 0 Å². The van der Waals surface area contributed by atoms with Gasteiger partial charge < -0.3 is 0 Å². The van der Waals surface area contributed by atoms with E-state index in [2.05, 4.69) is 83.1 Å². The maximum atomic E-state index is 2.69. The summed E-state index contributed by atoms with van der Waals surface area (Å²) in [6.45, 7) is 31.8. The third-order valence-electron chi connectivity index (χ3n) is 14.5. The molecular formula is C40H74. The molecule has 0 aromatic carbocycles. The molecule has 4 fully saturated rings. The molecule has 0 amide bonds. The summed E-state index contributed by atoms with van der Waals surface area (Å²) in [5, 5.41) is 0. The highest BCUT2D eigenvalue weighted by molar-refractivity contribution is 5.17. The zero-order chi connectivity index (χ0) is 29.6. The molecular weight excluding hydrogens is 480 g/mol. The molecule has 0 N–H and O–H groups in total. The fourth-order valence-electron chi connectivity index (χ4n) is 13.2. The van der Waals surface area contributed by atoms with Crippen molar-refractivity contribution in [2.45, 2.75) is 160 Å². The molecule has 4 aliphatic carbocycles. The van der Waals surface area contributed by atoms with E-state index in [-0.39, 0.29) is 0 Å². The first-order valence-electron chi connectivity index (χ1n) is 18.8. The minimum absolute atomic E-state index is 0.501. The summed E-state index contributed by atoms with van der Waals surface area (Å²) in [4.78, 5) is 0. The Morgan fingerprint density at radius 1 is 0.400 bits per heavy atom. The van der Waals surface area contributed by atoms with Crippen molar-refractivity contribution in [2.75, 3.05) is 0 Å². The van der Waals surface area contributed by atoms with Crippen LogP contribution in [0.3, 0.4) is 0 Å². The molecule has 0 heterocycles. The van der Waals surface area contributed by atoms with Gasteiger partial charge in [-0.15, -0.1) is 0 Å². The first-order chi connectivity index (χ1) is 18.8. The van der Waals surface area contributed by atoms with Gasteiger partial charge in [0, 0.05) is 0 Å². The van der Waals surface area contributed by atoms with Crippen LogP contribution in [0.15, 0.2) is 0 Å². The Hall–Kier alpha value is 0. The van der Waals surface area contributed by atoms with Crippen molar-refractivity contribution in [1.29, 1.82) is 0 Å². The Kier molecular flexibility index (Phi) is 10.6. The van der Waals surface area contributed by atoms with Gasteiger partial charge in [0.2, 0.25) is 0 Å². The van der Waals surface area contributed by atoms with Gasteiger partial charge in [0.05, 0.1) is 0 Å². The average molecular weight is 555 g/mol. The lowest BCUT2D eigenvalue weighted by Gasteiger charge is -2.73. The summed E-state index contributed by atoms with van der Waals surface area (Å²) in [5.74, 6) is 12.3. The second kappa shape index (κ2) is 12.9. The van der Waals surface area contributed by atoms with E-state index in [1.54, 1.807) is 12.8 Å². The molecule has 0 spiro atoms. The molecule has 0 aromatic rings. The van der Waals surface area contributed by atoms with E-state index in [0.717, 1.165) is 82.9 Å². The molecule has 0 heteroatoms. The maximum absolute atomic E-state index is 2.69. The van der Waals surface area contributed by atoms with Crippen molar-refractivity contribution in [3.05, 3.63) is 0 Å². The quantitative estimate of drug-likeness (QED) is 0.293. The first kappa shape index (κ1) is 32.9. The third kappa shape index (κ3) is 5.76. The first-order valence-corrected chi connectivity index (χ1v) is 18.8. The fourth-order valence-corrected chi connectivity index (χ4v) is 13.2. The summed E-state index contributed by atoms with van der Waals surface area (Å²) in [6, 6.07) is 0. The number of hydrogen-bond donors (Lipinski definition) is 0. The predicted molar refractivity (Wildman–Crippen MR) is 177 cm³/mol. The Balaban J connectivity index is 2.10. The summed E-state index contributed by atoms with van der Waals surface area (Å²) in [6.07, 6.45) is 18.0. The Morgan fingerprint density at radius 2 is 0.725 bits per heavy atom. The Labute approximate surface area is 253 Å². The van der Waals surface area contributed by atoms with Crippen molar-refractivity contribution in [3.63, 3.8) is 0 Å². The van der Waals surface area contributed by atoms with Gasteiger partial charge >= 0.3 is 0 Å². The van der Waals surface area contributed by atoms with Gasteiger partial charge in [-0.3, -0.25) is 0 Å². The normalized spacial score (nSPS) is 47.4. The van der Waals surface area contributed by atoms with Gasteiger partial charge in [-0.25, -0.2) is 0 Å². The summed E-state index contributed by atoms with van der Waals surface area (Å²) < 4.78 is 0. The lowest BCUT2D eigenvalue weighted by molar-refractivity contribution is -0.249. The second-order valence-electron chi connectivity index (χ2n) is 18.4.